The van der Waals surface area contributed by atoms with Gasteiger partial charge in [-0.15, -0.1) is 0 Å². The van der Waals surface area contributed by atoms with Crippen LogP contribution in [0.4, 0.5) is 0 Å². The van der Waals surface area contributed by atoms with Crippen molar-refractivity contribution in [3.63, 3.8) is 0 Å². The predicted octanol–water partition coefficient (Wildman–Crippen LogP) is 1.10. The zero-order valence-corrected chi connectivity index (χ0v) is 19.1. The van der Waals surface area contributed by atoms with Crippen molar-refractivity contribution < 1.29 is 27.5 Å². The highest BCUT2D eigenvalue weighted by atomic mass is 32.2. The fraction of sp³-hybridized carbons (Fsp3) is 0.571. The van der Waals surface area contributed by atoms with Crippen molar-refractivity contribution in [2.45, 2.75) is 44.6 Å². The normalized spacial score (nSPS) is 15.0. The van der Waals surface area contributed by atoms with Gasteiger partial charge in [0, 0.05) is 45.1 Å². The van der Waals surface area contributed by atoms with Crippen LogP contribution in [-0.2, 0) is 29.1 Å². The van der Waals surface area contributed by atoms with Crippen molar-refractivity contribution in [3.8, 4) is 0 Å². The quantitative estimate of drug-likeness (QED) is 0.519. The summed E-state index contributed by atoms with van der Waals surface area (Å²) in [6.45, 7) is 6.35. The van der Waals surface area contributed by atoms with Crippen molar-refractivity contribution in [1.82, 2.24) is 14.1 Å². The number of hydrogen-bond donors (Lipinski definition) is 0. The van der Waals surface area contributed by atoms with E-state index in [2.05, 4.69) is 0 Å². The standard InChI is InChI=1S/C21H31N3O6S/c1-4-30-21(27)16-24(17(2)3)20(26)11-10-19(25)22-12-14-23(15-13-22)31(28,29)18-8-6-5-7-9-18/h5-9,17H,4,10-16H2,1-3H3. The number of esters is 1. The lowest BCUT2D eigenvalue weighted by Crippen LogP contribution is -2.50. The molecule has 0 unspecified atom stereocenters. The van der Waals surface area contributed by atoms with E-state index in [4.69, 9.17) is 4.74 Å². The molecule has 0 radical (unpaired) electrons. The maximum atomic E-state index is 12.7. The Kier molecular flexibility index (Phi) is 9.00. The average Bonchev–Trinajstić information content (AvgIpc) is 2.76. The van der Waals surface area contributed by atoms with E-state index in [1.165, 1.54) is 9.21 Å². The molecule has 1 aromatic rings. The third kappa shape index (κ3) is 6.76. The van der Waals surface area contributed by atoms with Crippen molar-refractivity contribution >= 4 is 27.8 Å². The molecule has 2 rings (SSSR count). The number of hydrogen-bond acceptors (Lipinski definition) is 6. The molecule has 1 aliphatic rings. The van der Waals surface area contributed by atoms with Gasteiger partial charge in [-0.1, -0.05) is 18.2 Å². The zero-order valence-electron chi connectivity index (χ0n) is 18.3. The molecule has 1 fully saturated rings. The van der Waals surface area contributed by atoms with Crippen LogP contribution in [-0.4, -0.2) is 85.7 Å². The Hall–Kier alpha value is -2.46. The second-order valence-corrected chi connectivity index (χ2v) is 9.46. The van der Waals surface area contributed by atoms with Crippen LogP contribution in [0.3, 0.4) is 0 Å². The molecule has 1 aromatic carbocycles. The summed E-state index contributed by atoms with van der Waals surface area (Å²) >= 11 is 0. The number of nitrogens with zero attached hydrogens (tertiary/aromatic N) is 3. The first kappa shape index (κ1) is 24.8. The van der Waals surface area contributed by atoms with Crippen molar-refractivity contribution in [2.24, 2.45) is 0 Å². The summed E-state index contributed by atoms with van der Waals surface area (Å²) in [6.07, 6.45) is -0.00470. The Bertz CT molecular complexity index is 864. The molecule has 0 N–H and O–H groups in total. The van der Waals surface area contributed by atoms with Crippen molar-refractivity contribution in [3.05, 3.63) is 30.3 Å². The average molecular weight is 454 g/mol. The fourth-order valence-corrected chi connectivity index (χ4v) is 4.78. The molecular weight excluding hydrogens is 422 g/mol. The number of benzene rings is 1. The Balaban J connectivity index is 1.86. The number of carbonyl (C=O) groups is 3. The van der Waals surface area contributed by atoms with Crippen LogP contribution in [0.1, 0.15) is 33.6 Å². The number of rotatable bonds is 9. The molecule has 1 aliphatic heterocycles. The zero-order chi connectivity index (χ0) is 23.0. The molecule has 10 heteroatoms. The number of carbonyl (C=O) groups excluding carboxylic acids is 3. The highest BCUT2D eigenvalue weighted by Gasteiger charge is 2.30. The molecule has 0 spiro atoms. The summed E-state index contributed by atoms with van der Waals surface area (Å²) in [5, 5.41) is 0. The summed E-state index contributed by atoms with van der Waals surface area (Å²) in [6, 6.07) is 8.01. The van der Waals surface area contributed by atoms with E-state index < -0.39 is 16.0 Å². The molecular formula is C21H31N3O6S. The van der Waals surface area contributed by atoms with Crippen LogP contribution in [0, 0.1) is 0 Å². The third-order valence-corrected chi connectivity index (χ3v) is 6.99. The molecule has 1 heterocycles. The van der Waals surface area contributed by atoms with E-state index in [1.54, 1.807) is 56.0 Å². The van der Waals surface area contributed by atoms with E-state index >= 15 is 0 Å². The molecule has 0 aliphatic carbocycles. The van der Waals surface area contributed by atoms with E-state index in [0.29, 0.717) is 0 Å². The molecule has 1 saturated heterocycles. The largest absolute Gasteiger partial charge is 0.465 e. The predicted molar refractivity (Wildman–Crippen MR) is 114 cm³/mol. The first-order valence-corrected chi connectivity index (χ1v) is 11.9. The van der Waals surface area contributed by atoms with Gasteiger partial charge >= 0.3 is 5.97 Å². The molecule has 0 bridgehead atoms. The third-order valence-electron chi connectivity index (χ3n) is 5.07. The SMILES string of the molecule is CCOC(=O)CN(C(=O)CCC(=O)N1CCN(S(=O)(=O)c2ccccc2)CC1)C(C)C. The lowest BCUT2D eigenvalue weighted by molar-refractivity contribution is -0.150. The maximum Gasteiger partial charge on any atom is 0.325 e. The number of sulfonamides is 1. The topological polar surface area (TPSA) is 104 Å². The molecule has 31 heavy (non-hydrogen) atoms. The second-order valence-electron chi connectivity index (χ2n) is 7.52. The summed E-state index contributed by atoms with van der Waals surface area (Å²) in [5.41, 5.74) is 0. The lowest BCUT2D eigenvalue weighted by atomic mass is 10.2. The first-order valence-electron chi connectivity index (χ1n) is 10.4. The van der Waals surface area contributed by atoms with Gasteiger partial charge in [0.1, 0.15) is 6.54 Å². The summed E-state index contributed by atoms with van der Waals surface area (Å²) in [5.74, 6) is -0.974. The Morgan fingerprint density at radius 1 is 1.03 bits per heavy atom. The van der Waals surface area contributed by atoms with Crippen LogP contribution in [0.15, 0.2) is 35.2 Å². The van der Waals surface area contributed by atoms with E-state index in [1.807, 2.05) is 0 Å². The summed E-state index contributed by atoms with van der Waals surface area (Å²) in [4.78, 5) is 40.0. The van der Waals surface area contributed by atoms with Crippen molar-refractivity contribution in [1.29, 1.82) is 0 Å². The molecule has 9 nitrogen and oxygen atoms in total. The highest BCUT2D eigenvalue weighted by molar-refractivity contribution is 7.89. The highest BCUT2D eigenvalue weighted by Crippen LogP contribution is 2.18. The van der Waals surface area contributed by atoms with Crippen LogP contribution >= 0.6 is 0 Å². The lowest BCUT2D eigenvalue weighted by Gasteiger charge is -2.34. The number of ether oxygens (including phenoxy) is 1. The molecule has 172 valence electrons. The van der Waals surface area contributed by atoms with Gasteiger partial charge in [-0.2, -0.15) is 4.31 Å². The van der Waals surface area contributed by atoms with Gasteiger partial charge < -0.3 is 14.5 Å². The Labute approximate surface area is 184 Å². The van der Waals surface area contributed by atoms with Crippen LogP contribution in [0.25, 0.3) is 0 Å². The van der Waals surface area contributed by atoms with E-state index in [0.717, 1.165) is 0 Å². The van der Waals surface area contributed by atoms with E-state index in [-0.39, 0.29) is 74.9 Å². The van der Waals surface area contributed by atoms with Gasteiger partial charge in [0.25, 0.3) is 0 Å². The van der Waals surface area contributed by atoms with E-state index in [9.17, 15) is 22.8 Å². The van der Waals surface area contributed by atoms with Gasteiger partial charge in [-0.05, 0) is 32.9 Å². The van der Waals surface area contributed by atoms with Crippen LogP contribution in [0.2, 0.25) is 0 Å². The first-order chi connectivity index (χ1) is 14.7. The maximum absolute atomic E-state index is 12.7. The van der Waals surface area contributed by atoms with Crippen LogP contribution < -0.4 is 0 Å². The monoisotopic (exact) mass is 453 g/mol. The van der Waals surface area contributed by atoms with Gasteiger partial charge in [0.15, 0.2) is 0 Å². The Morgan fingerprint density at radius 2 is 1.65 bits per heavy atom. The summed E-state index contributed by atoms with van der Waals surface area (Å²) < 4.78 is 31.6. The number of piperazine rings is 1. The molecule has 0 atom stereocenters. The van der Waals surface area contributed by atoms with Gasteiger partial charge in [0.2, 0.25) is 21.8 Å². The number of amides is 2. The van der Waals surface area contributed by atoms with Gasteiger partial charge in [-0.25, -0.2) is 8.42 Å². The molecule has 2 amide bonds. The summed E-state index contributed by atoms with van der Waals surface area (Å²) in [7, 11) is -3.58. The minimum atomic E-state index is -3.58. The Morgan fingerprint density at radius 3 is 2.19 bits per heavy atom. The van der Waals surface area contributed by atoms with Crippen molar-refractivity contribution in [2.75, 3.05) is 39.3 Å². The van der Waals surface area contributed by atoms with Gasteiger partial charge in [0.05, 0.1) is 11.5 Å². The molecule has 0 aromatic heterocycles. The minimum absolute atomic E-state index is 0.0102. The smallest absolute Gasteiger partial charge is 0.325 e. The second kappa shape index (κ2) is 11.2. The minimum Gasteiger partial charge on any atom is -0.465 e. The van der Waals surface area contributed by atoms with Crippen LogP contribution in [0.5, 0.6) is 0 Å². The molecule has 0 saturated carbocycles. The van der Waals surface area contributed by atoms with Gasteiger partial charge in [-0.3, -0.25) is 14.4 Å². The fourth-order valence-electron chi connectivity index (χ4n) is 3.34.